The van der Waals surface area contributed by atoms with Crippen molar-refractivity contribution < 1.29 is 18.0 Å². The zero-order chi connectivity index (χ0) is 19.8. The number of sulfonamides is 1. The summed E-state index contributed by atoms with van der Waals surface area (Å²) < 4.78 is 39.8. The van der Waals surface area contributed by atoms with Gasteiger partial charge in [0, 0.05) is 29.9 Å². The molecule has 27 heavy (non-hydrogen) atoms. The molecule has 0 saturated carbocycles. The third-order valence-corrected chi connectivity index (χ3v) is 5.79. The fraction of sp³-hybridized carbons (Fsp3) is 0.167. The summed E-state index contributed by atoms with van der Waals surface area (Å²) in [6.07, 6.45) is 0. The Kier molecular flexibility index (Phi) is 5.34. The first-order valence-electron chi connectivity index (χ1n) is 7.92. The van der Waals surface area contributed by atoms with Gasteiger partial charge in [0.05, 0.1) is 28.7 Å². The SMILES string of the molecule is CN(C)S(=O)(=O)/C=C1/CN(O)C(c2ccccc2F)=c2cc(Cl)ccc2=N1. The molecule has 0 unspecified atom stereocenters. The molecular formula is C18H17ClFN3O3S. The zero-order valence-electron chi connectivity index (χ0n) is 14.6. The van der Waals surface area contributed by atoms with Crippen LogP contribution in [0.15, 0.2) is 58.6 Å². The fourth-order valence-electron chi connectivity index (χ4n) is 2.64. The maximum absolute atomic E-state index is 14.4. The maximum Gasteiger partial charge on any atom is 0.237 e. The highest BCUT2D eigenvalue weighted by Crippen LogP contribution is 2.21. The molecule has 3 rings (SSSR count). The summed E-state index contributed by atoms with van der Waals surface area (Å²) in [4.78, 5) is 4.36. The van der Waals surface area contributed by atoms with Crippen molar-refractivity contribution in [1.82, 2.24) is 9.37 Å². The first kappa shape index (κ1) is 19.5. The Balaban J connectivity index is 2.35. The van der Waals surface area contributed by atoms with E-state index in [1.54, 1.807) is 24.3 Å². The van der Waals surface area contributed by atoms with E-state index < -0.39 is 15.8 Å². The van der Waals surface area contributed by atoms with Crippen LogP contribution in [0.1, 0.15) is 5.56 Å². The summed E-state index contributed by atoms with van der Waals surface area (Å²) in [7, 11) is -0.921. The van der Waals surface area contributed by atoms with Crippen molar-refractivity contribution in [1.29, 1.82) is 0 Å². The Morgan fingerprint density at radius 2 is 1.96 bits per heavy atom. The second-order valence-corrected chi connectivity index (χ2v) is 8.53. The fourth-order valence-corrected chi connectivity index (χ4v) is 3.49. The lowest BCUT2D eigenvalue weighted by atomic mass is 10.1. The van der Waals surface area contributed by atoms with E-state index in [-0.39, 0.29) is 23.5 Å². The van der Waals surface area contributed by atoms with Gasteiger partial charge in [-0.1, -0.05) is 23.7 Å². The summed E-state index contributed by atoms with van der Waals surface area (Å²) >= 11 is 6.09. The Morgan fingerprint density at radius 1 is 1.26 bits per heavy atom. The second-order valence-electron chi connectivity index (χ2n) is 6.10. The van der Waals surface area contributed by atoms with Crippen LogP contribution >= 0.6 is 11.6 Å². The van der Waals surface area contributed by atoms with E-state index in [1.807, 2.05) is 0 Å². The quantitative estimate of drug-likeness (QED) is 0.837. The predicted molar refractivity (Wildman–Crippen MR) is 100 cm³/mol. The minimum atomic E-state index is -3.71. The number of nitrogens with zero attached hydrogens (tertiary/aromatic N) is 3. The van der Waals surface area contributed by atoms with Crippen LogP contribution in [0.4, 0.5) is 4.39 Å². The first-order valence-corrected chi connectivity index (χ1v) is 9.80. The van der Waals surface area contributed by atoms with Crippen LogP contribution in [0.3, 0.4) is 0 Å². The molecule has 0 aromatic heterocycles. The van der Waals surface area contributed by atoms with Crippen molar-refractivity contribution in [3.63, 3.8) is 0 Å². The number of fused-ring (bicyclic) bond motifs is 1. The van der Waals surface area contributed by atoms with Crippen molar-refractivity contribution in [3.8, 4) is 0 Å². The highest BCUT2D eigenvalue weighted by atomic mass is 35.5. The number of hydrogen-bond donors (Lipinski definition) is 1. The summed E-state index contributed by atoms with van der Waals surface area (Å²) in [6.45, 7) is -0.247. The average Bonchev–Trinajstić information content (AvgIpc) is 2.70. The van der Waals surface area contributed by atoms with E-state index in [4.69, 9.17) is 11.6 Å². The average molecular weight is 410 g/mol. The van der Waals surface area contributed by atoms with Gasteiger partial charge in [-0.3, -0.25) is 5.21 Å². The van der Waals surface area contributed by atoms with Crippen molar-refractivity contribution in [3.05, 3.63) is 80.5 Å². The van der Waals surface area contributed by atoms with E-state index in [0.29, 0.717) is 15.6 Å². The van der Waals surface area contributed by atoms with Gasteiger partial charge in [-0.15, -0.1) is 0 Å². The van der Waals surface area contributed by atoms with E-state index in [1.165, 1.54) is 32.3 Å². The van der Waals surface area contributed by atoms with E-state index in [9.17, 15) is 18.0 Å². The number of hydrogen-bond acceptors (Lipinski definition) is 5. The highest BCUT2D eigenvalue weighted by molar-refractivity contribution is 7.92. The van der Waals surface area contributed by atoms with Gasteiger partial charge in [0.25, 0.3) is 0 Å². The molecule has 0 saturated heterocycles. The molecule has 0 amide bonds. The van der Waals surface area contributed by atoms with Crippen molar-refractivity contribution in [2.75, 3.05) is 20.6 Å². The predicted octanol–water partition coefficient (Wildman–Crippen LogP) is 1.69. The summed E-state index contributed by atoms with van der Waals surface area (Å²) in [5.41, 5.74) is 0.400. The van der Waals surface area contributed by atoms with E-state index in [2.05, 4.69) is 4.99 Å². The monoisotopic (exact) mass is 409 g/mol. The molecule has 0 aliphatic carbocycles. The van der Waals surface area contributed by atoms with Gasteiger partial charge in [0.2, 0.25) is 10.0 Å². The van der Waals surface area contributed by atoms with Gasteiger partial charge < -0.3 is 0 Å². The van der Waals surface area contributed by atoms with Gasteiger partial charge in [0.1, 0.15) is 5.82 Å². The molecule has 0 bridgehead atoms. The molecule has 142 valence electrons. The topological polar surface area (TPSA) is 73.2 Å². The minimum Gasteiger partial charge on any atom is -0.288 e. The summed E-state index contributed by atoms with van der Waals surface area (Å²) in [6, 6.07) is 10.7. The van der Waals surface area contributed by atoms with Crippen LogP contribution in [-0.2, 0) is 10.0 Å². The number of benzene rings is 2. The van der Waals surface area contributed by atoms with Gasteiger partial charge in [-0.25, -0.2) is 27.2 Å². The Hall–Kier alpha value is -2.26. The van der Waals surface area contributed by atoms with E-state index in [0.717, 1.165) is 14.8 Å². The van der Waals surface area contributed by atoms with Crippen molar-refractivity contribution >= 4 is 27.3 Å². The third kappa shape index (κ3) is 4.03. The molecule has 1 aliphatic rings. The van der Waals surface area contributed by atoms with E-state index >= 15 is 0 Å². The molecule has 1 aliphatic heterocycles. The Labute approximate surface area is 161 Å². The standard InChI is InChI=1S/C18H17ClFN3O3S/c1-22(2)27(25,26)11-13-10-23(24)18(14-5-3-4-6-16(14)20)15-9-12(19)7-8-17(15)21-13/h3-9,11,24H,10H2,1-2H3/b13-11-. The molecule has 2 aromatic rings. The highest BCUT2D eigenvalue weighted by Gasteiger charge is 2.21. The largest absolute Gasteiger partial charge is 0.288 e. The molecular weight excluding hydrogens is 393 g/mol. The molecule has 1 N–H and O–H groups in total. The van der Waals surface area contributed by atoms with Crippen molar-refractivity contribution in [2.45, 2.75) is 0 Å². The normalized spacial score (nSPS) is 16.3. The maximum atomic E-state index is 14.4. The van der Waals surface area contributed by atoms with Crippen LogP contribution in [0.2, 0.25) is 5.02 Å². The van der Waals surface area contributed by atoms with Gasteiger partial charge in [-0.2, -0.15) is 0 Å². The lowest BCUT2D eigenvalue weighted by Crippen LogP contribution is -2.32. The number of hydroxylamine groups is 2. The summed E-state index contributed by atoms with van der Waals surface area (Å²) in [5, 5.41) is 13.5. The minimum absolute atomic E-state index is 0.0983. The van der Waals surface area contributed by atoms with Crippen LogP contribution in [-0.4, -0.2) is 43.6 Å². The second kappa shape index (κ2) is 7.40. The van der Waals surface area contributed by atoms with Crippen molar-refractivity contribution in [2.24, 2.45) is 4.99 Å². The van der Waals surface area contributed by atoms with Crippen LogP contribution < -0.4 is 10.6 Å². The number of halogens is 2. The number of rotatable bonds is 3. The first-order chi connectivity index (χ1) is 12.7. The third-order valence-electron chi connectivity index (χ3n) is 3.97. The van der Waals surface area contributed by atoms with Gasteiger partial charge >= 0.3 is 0 Å². The van der Waals surface area contributed by atoms with Gasteiger partial charge in [0.15, 0.2) is 0 Å². The summed E-state index contributed by atoms with van der Waals surface area (Å²) in [5.74, 6) is -0.536. The zero-order valence-corrected chi connectivity index (χ0v) is 16.2. The molecule has 6 nitrogen and oxygen atoms in total. The molecule has 0 spiro atoms. The lowest BCUT2D eigenvalue weighted by molar-refractivity contribution is -0.0186. The Bertz CT molecular complexity index is 1150. The lowest BCUT2D eigenvalue weighted by Gasteiger charge is -2.20. The van der Waals surface area contributed by atoms with Crippen LogP contribution in [0.25, 0.3) is 5.70 Å². The molecule has 1 heterocycles. The molecule has 0 fully saturated rings. The smallest absolute Gasteiger partial charge is 0.237 e. The molecule has 9 heteroatoms. The molecule has 0 atom stereocenters. The van der Waals surface area contributed by atoms with Gasteiger partial charge in [-0.05, 0) is 30.3 Å². The van der Waals surface area contributed by atoms with Crippen LogP contribution in [0.5, 0.6) is 0 Å². The Morgan fingerprint density at radius 3 is 2.63 bits per heavy atom. The molecule has 0 radical (unpaired) electrons. The van der Waals surface area contributed by atoms with Crippen LogP contribution in [0, 0.1) is 5.82 Å². The molecule has 2 aromatic carbocycles.